The van der Waals surface area contributed by atoms with Gasteiger partial charge in [-0.3, -0.25) is 19.3 Å². The highest BCUT2D eigenvalue weighted by Crippen LogP contribution is 2.49. The number of halogens is 6. The van der Waals surface area contributed by atoms with Crippen molar-refractivity contribution in [1.82, 2.24) is 9.80 Å². The van der Waals surface area contributed by atoms with Crippen molar-refractivity contribution in [2.45, 2.75) is 31.3 Å². The Morgan fingerprint density at radius 1 is 1.03 bits per heavy atom. The average Bonchev–Trinajstić information content (AvgIpc) is 3.32. The van der Waals surface area contributed by atoms with Crippen LogP contribution in [-0.2, 0) is 20.0 Å². The summed E-state index contributed by atoms with van der Waals surface area (Å²) in [5.41, 5.74) is -2.42. The fourth-order valence-corrected chi connectivity index (χ4v) is 4.36. The van der Waals surface area contributed by atoms with Gasteiger partial charge in [0.15, 0.2) is 0 Å². The molecule has 2 aliphatic rings. The van der Waals surface area contributed by atoms with Gasteiger partial charge in [-0.15, -0.1) is 0 Å². The third-order valence-corrected chi connectivity index (χ3v) is 6.41. The summed E-state index contributed by atoms with van der Waals surface area (Å²) < 4.78 is 85.6. The first kappa shape index (κ1) is 27.9. The summed E-state index contributed by atoms with van der Waals surface area (Å²) >= 11 is 0. The molecule has 0 radical (unpaired) electrons. The predicted molar refractivity (Wildman–Crippen MR) is 123 cm³/mol. The Balaban J connectivity index is 1.53. The lowest BCUT2D eigenvalue weighted by Gasteiger charge is -2.33. The number of piperazine rings is 1. The van der Waals surface area contributed by atoms with E-state index in [1.165, 1.54) is 56.5 Å². The van der Waals surface area contributed by atoms with Gasteiger partial charge in [0.25, 0.3) is 11.5 Å². The SMILES string of the molecule is COc1ccc(C2(C(F)(F)F)CC(c3ccc(C(=O)N4CC(=O)N(CC(F)(F)F)C(=O)C4)c(C)c3)=NO2)cc1. The summed E-state index contributed by atoms with van der Waals surface area (Å²) in [6.07, 6.45) is -10.3. The molecular formula is C25H21F6N3O5. The third-order valence-electron chi connectivity index (χ3n) is 6.41. The number of oxime groups is 1. The number of carbonyl (C=O) groups excluding carboxylic acids is 3. The number of hydrogen-bond acceptors (Lipinski definition) is 6. The van der Waals surface area contributed by atoms with Crippen LogP contribution in [-0.4, -0.2) is 72.3 Å². The quantitative estimate of drug-likeness (QED) is 0.411. The van der Waals surface area contributed by atoms with Gasteiger partial charge in [-0.05, 0) is 42.3 Å². The molecule has 0 spiro atoms. The molecule has 2 aliphatic heterocycles. The number of carbonyl (C=O) groups is 3. The standard InChI is InChI=1S/C25H21F6N3O5/c1-14-9-15(19-10-23(39-32-19,25(29,30)31)16-4-6-17(38-2)7-5-16)3-8-18(14)22(37)33-11-20(35)34(21(36)12-33)13-24(26,27)28/h3-9H,10-13H2,1-2H3. The molecule has 8 nitrogen and oxygen atoms in total. The van der Waals surface area contributed by atoms with Crippen LogP contribution in [0.5, 0.6) is 5.75 Å². The highest BCUT2D eigenvalue weighted by Gasteiger charge is 2.62. The van der Waals surface area contributed by atoms with E-state index in [0.717, 1.165) is 4.90 Å². The molecule has 2 aromatic rings. The Hall–Kier alpha value is -4.10. The fourth-order valence-electron chi connectivity index (χ4n) is 4.36. The number of nitrogens with zero attached hydrogens (tertiary/aromatic N) is 3. The summed E-state index contributed by atoms with van der Waals surface area (Å²) in [4.78, 5) is 43.1. The monoisotopic (exact) mass is 557 g/mol. The van der Waals surface area contributed by atoms with Crippen LogP contribution in [0.2, 0.25) is 0 Å². The van der Waals surface area contributed by atoms with E-state index in [1.807, 2.05) is 0 Å². The van der Waals surface area contributed by atoms with E-state index < -0.39 is 61.7 Å². The molecule has 4 rings (SSSR count). The smallest absolute Gasteiger partial charge is 0.435 e. The number of methoxy groups -OCH3 is 1. The van der Waals surface area contributed by atoms with E-state index in [-0.39, 0.29) is 32.9 Å². The molecule has 0 bridgehead atoms. The molecule has 1 unspecified atom stereocenters. The number of hydrogen-bond donors (Lipinski definition) is 0. The number of ether oxygens (including phenoxy) is 1. The maximum Gasteiger partial charge on any atom is 0.435 e. The Bertz CT molecular complexity index is 1320. The summed E-state index contributed by atoms with van der Waals surface area (Å²) in [5.74, 6) is -2.78. The predicted octanol–water partition coefficient (Wildman–Crippen LogP) is 3.96. The first-order chi connectivity index (χ1) is 18.1. The van der Waals surface area contributed by atoms with Gasteiger partial charge >= 0.3 is 12.4 Å². The molecular weight excluding hydrogens is 536 g/mol. The van der Waals surface area contributed by atoms with E-state index >= 15 is 0 Å². The van der Waals surface area contributed by atoms with Crippen LogP contribution >= 0.6 is 0 Å². The molecule has 3 amide bonds. The number of amides is 3. The number of aryl methyl sites for hydroxylation is 1. The Morgan fingerprint density at radius 2 is 1.64 bits per heavy atom. The molecule has 1 saturated heterocycles. The largest absolute Gasteiger partial charge is 0.497 e. The maximum absolute atomic E-state index is 14.2. The normalized spacial score (nSPS) is 20.2. The molecule has 0 N–H and O–H groups in total. The second-order valence-corrected chi connectivity index (χ2v) is 9.04. The van der Waals surface area contributed by atoms with E-state index in [1.54, 1.807) is 0 Å². The number of benzene rings is 2. The van der Waals surface area contributed by atoms with Crippen LogP contribution in [0.4, 0.5) is 26.3 Å². The topological polar surface area (TPSA) is 88.5 Å². The first-order valence-corrected chi connectivity index (χ1v) is 11.4. The zero-order chi connectivity index (χ0) is 28.8. The number of alkyl halides is 6. The zero-order valence-electron chi connectivity index (χ0n) is 20.5. The van der Waals surface area contributed by atoms with Crippen molar-refractivity contribution in [2.75, 3.05) is 26.7 Å². The zero-order valence-corrected chi connectivity index (χ0v) is 20.5. The van der Waals surface area contributed by atoms with Gasteiger partial charge in [-0.25, -0.2) is 0 Å². The van der Waals surface area contributed by atoms with E-state index in [2.05, 4.69) is 5.16 Å². The minimum absolute atomic E-state index is 0.0142. The molecule has 1 atom stereocenters. The third kappa shape index (κ3) is 5.40. The van der Waals surface area contributed by atoms with Crippen LogP contribution in [0, 0.1) is 6.92 Å². The lowest BCUT2D eigenvalue weighted by atomic mass is 9.86. The van der Waals surface area contributed by atoms with Crippen LogP contribution < -0.4 is 4.74 Å². The molecule has 0 aromatic heterocycles. The van der Waals surface area contributed by atoms with E-state index in [0.29, 0.717) is 5.75 Å². The highest BCUT2D eigenvalue weighted by atomic mass is 19.4. The number of imide groups is 1. The summed E-state index contributed by atoms with van der Waals surface area (Å²) in [6.45, 7) is -1.74. The molecule has 2 heterocycles. The van der Waals surface area contributed by atoms with Gasteiger partial charge in [0, 0.05) is 17.5 Å². The van der Waals surface area contributed by atoms with Crippen molar-refractivity contribution in [2.24, 2.45) is 5.16 Å². The van der Waals surface area contributed by atoms with Crippen LogP contribution in [0.15, 0.2) is 47.6 Å². The van der Waals surface area contributed by atoms with Gasteiger partial charge in [-0.1, -0.05) is 23.4 Å². The highest BCUT2D eigenvalue weighted by molar-refractivity contribution is 6.07. The molecule has 14 heteroatoms. The lowest BCUT2D eigenvalue weighted by Crippen LogP contribution is -2.57. The van der Waals surface area contributed by atoms with Crippen molar-refractivity contribution in [3.05, 3.63) is 64.7 Å². The Labute approximate surface area is 217 Å². The molecule has 0 aliphatic carbocycles. The van der Waals surface area contributed by atoms with Crippen molar-refractivity contribution in [3.63, 3.8) is 0 Å². The van der Waals surface area contributed by atoms with Gasteiger partial charge in [0.05, 0.1) is 12.8 Å². The molecule has 0 saturated carbocycles. The fraction of sp³-hybridized carbons (Fsp3) is 0.360. The van der Waals surface area contributed by atoms with Crippen molar-refractivity contribution >= 4 is 23.4 Å². The average molecular weight is 557 g/mol. The Kier molecular flexibility index (Phi) is 7.08. The van der Waals surface area contributed by atoms with Crippen LogP contribution in [0.3, 0.4) is 0 Å². The number of rotatable bonds is 5. The van der Waals surface area contributed by atoms with Crippen molar-refractivity contribution in [3.8, 4) is 5.75 Å². The summed E-state index contributed by atoms with van der Waals surface area (Å²) in [6, 6.07) is 9.23. The van der Waals surface area contributed by atoms with E-state index in [4.69, 9.17) is 9.57 Å². The van der Waals surface area contributed by atoms with Crippen molar-refractivity contribution < 1.29 is 50.3 Å². The van der Waals surface area contributed by atoms with Gasteiger partial charge < -0.3 is 14.5 Å². The van der Waals surface area contributed by atoms with Gasteiger partial charge in [-0.2, -0.15) is 26.3 Å². The second kappa shape index (κ2) is 9.89. The molecule has 208 valence electrons. The Morgan fingerprint density at radius 3 is 2.15 bits per heavy atom. The van der Waals surface area contributed by atoms with E-state index in [9.17, 15) is 40.7 Å². The minimum Gasteiger partial charge on any atom is -0.497 e. The summed E-state index contributed by atoms with van der Waals surface area (Å²) in [7, 11) is 1.38. The molecule has 2 aromatic carbocycles. The second-order valence-electron chi connectivity index (χ2n) is 9.04. The van der Waals surface area contributed by atoms with Crippen molar-refractivity contribution in [1.29, 1.82) is 0 Å². The minimum atomic E-state index is -4.83. The lowest BCUT2D eigenvalue weighted by molar-refractivity contribution is -0.275. The van der Waals surface area contributed by atoms with Crippen LogP contribution in [0.25, 0.3) is 0 Å². The summed E-state index contributed by atoms with van der Waals surface area (Å²) in [5, 5.41) is 3.69. The van der Waals surface area contributed by atoms with Gasteiger partial charge in [0.1, 0.15) is 25.4 Å². The molecule has 39 heavy (non-hydrogen) atoms. The first-order valence-electron chi connectivity index (χ1n) is 11.4. The van der Waals surface area contributed by atoms with Gasteiger partial charge in [0.2, 0.25) is 11.8 Å². The molecule has 1 fully saturated rings. The van der Waals surface area contributed by atoms with Crippen LogP contribution in [0.1, 0.15) is 33.5 Å². The maximum atomic E-state index is 14.2.